The van der Waals surface area contributed by atoms with Crippen molar-refractivity contribution in [2.75, 3.05) is 53.0 Å². The number of amides is 4. The van der Waals surface area contributed by atoms with Crippen LogP contribution in [0.25, 0.3) is 0 Å². The van der Waals surface area contributed by atoms with Crippen molar-refractivity contribution >= 4 is 58.9 Å². The Bertz CT molecular complexity index is 2570. The van der Waals surface area contributed by atoms with Gasteiger partial charge in [0.25, 0.3) is 11.8 Å². The average molecular weight is 1180 g/mol. The van der Waals surface area contributed by atoms with Crippen LogP contribution in [0.15, 0.2) is 117 Å². The van der Waals surface area contributed by atoms with Gasteiger partial charge >= 0.3 is 12.2 Å². The molecule has 4 bridgehead atoms. The number of nitrogens with one attached hydrogen (secondary N) is 4. The molecule has 4 rings (SSSR count). The maximum atomic E-state index is 14.3. The van der Waals surface area contributed by atoms with E-state index in [0.717, 1.165) is 12.2 Å². The third kappa shape index (κ3) is 19.7. The van der Waals surface area contributed by atoms with Crippen molar-refractivity contribution < 1.29 is 77.0 Å². The van der Waals surface area contributed by atoms with Crippen LogP contribution in [0.5, 0.6) is 0 Å². The van der Waals surface area contributed by atoms with Crippen LogP contribution < -0.4 is 32.7 Å². The van der Waals surface area contributed by atoms with Gasteiger partial charge in [-0.1, -0.05) is 76.3 Å². The van der Waals surface area contributed by atoms with E-state index in [1.807, 2.05) is 13.8 Å². The molecule has 22 nitrogen and oxygen atoms in total. The average Bonchev–Trinajstić information content (AvgIpc) is 3.60. The Morgan fingerprint density at radius 2 is 0.964 bits per heavy atom. The minimum absolute atomic E-state index is 0.0606. The molecule has 2 heterocycles. The Morgan fingerprint density at radius 1 is 0.602 bits per heavy atom. The van der Waals surface area contributed by atoms with E-state index < -0.39 is 108 Å². The Morgan fingerprint density at radius 3 is 1.29 bits per heavy atom. The van der Waals surface area contributed by atoms with E-state index in [0.29, 0.717) is 22.7 Å². The Hall–Kier alpha value is -6.73. The molecular formula is C60H84N6O16S. The molecule has 0 unspecified atom stereocenters. The number of hydrogen-bond donors (Lipinski definition) is 8. The van der Waals surface area contributed by atoms with Gasteiger partial charge < -0.3 is 71.4 Å². The van der Waals surface area contributed by atoms with Gasteiger partial charge in [-0.15, -0.1) is 0 Å². The van der Waals surface area contributed by atoms with Gasteiger partial charge in [0.15, 0.2) is 12.2 Å². The highest BCUT2D eigenvalue weighted by molar-refractivity contribution is 7.99. The highest BCUT2D eigenvalue weighted by Crippen LogP contribution is 2.31. The molecule has 0 saturated heterocycles. The number of aliphatic hydroxyl groups excluding tert-OH is 2. The summed E-state index contributed by atoms with van der Waals surface area (Å²) in [5.41, 5.74) is 12.2. The van der Waals surface area contributed by atoms with Crippen LogP contribution in [0.4, 0.5) is 9.59 Å². The van der Waals surface area contributed by atoms with Crippen LogP contribution in [0.2, 0.25) is 0 Å². The topological polar surface area (TPSA) is 333 Å². The van der Waals surface area contributed by atoms with Gasteiger partial charge in [-0.25, -0.2) is 9.59 Å². The van der Waals surface area contributed by atoms with Gasteiger partial charge in [0.2, 0.25) is 23.1 Å². The first-order valence-electron chi connectivity index (χ1n) is 27.5. The summed E-state index contributed by atoms with van der Waals surface area (Å²) in [5, 5.41) is 34.7. The van der Waals surface area contributed by atoms with Crippen molar-refractivity contribution in [3.63, 3.8) is 0 Å². The molecule has 0 fully saturated rings. The first-order valence-corrected chi connectivity index (χ1v) is 28.6. The minimum Gasteiger partial charge on any atom is -0.439 e. The fourth-order valence-electron chi connectivity index (χ4n) is 10.2. The second-order valence-electron chi connectivity index (χ2n) is 21.3. The SMILES string of the molecule is CO[C@H]1/C=C/C=C(/C)C(=O)NC2=CC(=O)C(NCCSCCNC3=C4C[C@@H](C)C[C@H](OC)[C@H](O)[C@@H](C)/C=C(\C)[C@H](OC(N)=O)[C@H](OC)/C=C\C=C(/C)C(=O)NC(=CC3=O)C4=O)=C(C[C@@H](C)C[C@H](OC)[C@H](O)[C@@H](C)/C=C(\C)[C@@H]1OC(N)=O)C2=O. The molecular weight excluding hydrogens is 1090 g/mol. The summed E-state index contributed by atoms with van der Waals surface area (Å²) in [6.07, 6.45) is 5.98. The summed E-state index contributed by atoms with van der Waals surface area (Å²) in [6, 6.07) is 0. The molecule has 0 aromatic rings. The number of methoxy groups -OCH3 is 4. The van der Waals surface area contributed by atoms with Gasteiger partial charge in [0.05, 0.1) is 47.2 Å². The number of allylic oxidation sites excluding steroid dienone is 8. The van der Waals surface area contributed by atoms with Gasteiger partial charge in [-0.2, -0.15) is 11.8 Å². The molecule has 12 atom stereocenters. The monoisotopic (exact) mass is 1180 g/mol. The smallest absolute Gasteiger partial charge is 0.405 e. The van der Waals surface area contributed by atoms with Gasteiger partial charge in [0.1, 0.15) is 12.2 Å². The lowest BCUT2D eigenvalue weighted by atomic mass is 9.85. The quantitative estimate of drug-likeness (QED) is 0.0676. The summed E-state index contributed by atoms with van der Waals surface area (Å²) in [4.78, 5) is 107. The Kier molecular flexibility index (Phi) is 27.3. The van der Waals surface area contributed by atoms with Gasteiger partial charge in [-0.05, 0) is 76.4 Å². The number of Topliss-reactive ketones (excluding diaryl/α,β-unsaturated/α-hetero) is 2. The maximum Gasteiger partial charge on any atom is 0.405 e. The fraction of sp³-hybridized carbons (Fsp3) is 0.533. The van der Waals surface area contributed by atoms with Crippen molar-refractivity contribution in [2.45, 2.75) is 130 Å². The Balaban J connectivity index is 1.56. The van der Waals surface area contributed by atoms with Crippen molar-refractivity contribution in [1.82, 2.24) is 21.3 Å². The Labute approximate surface area is 490 Å². The maximum absolute atomic E-state index is 14.3. The molecule has 0 spiro atoms. The first-order chi connectivity index (χ1) is 39.3. The molecule has 23 heteroatoms. The second-order valence-corrected chi connectivity index (χ2v) is 22.6. The highest BCUT2D eigenvalue weighted by atomic mass is 32.2. The number of hydrogen-bond acceptors (Lipinski definition) is 19. The van der Waals surface area contributed by atoms with Crippen molar-refractivity contribution in [1.29, 1.82) is 0 Å². The van der Waals surface area contributed by atoms with Gasteiger partial charge in [-0.3, -0.25) is 28.8 Å². The number of ketones is 4. The van der Waals surface area contributed by atoms with Crippen LogP contribution >= 0.6 is 11.8 Å². The lowest BCUT2D eigenvalue weighted by molar-refractivity contribution is -0.120. The third-order valence-corrected chi connectivity index (χ3v) is 15.7. The zero-order valence-corrected chi connectivity index (χ0v) is 50.3. The predicted octanol–water partition coefficient (Wildman–Crippen LogP) is 4.45. The van der Waals surface area contributed by atoms with E-state index in [1.54, 1.807) is 52.0 Å². The van der Waals surface area contributed by atoms with E-state index in [1.165, 1.54) is 78.4 Å². The van der Waals surface area contributed by atoms with Crippen LogP contribution in [-0.4, -0.2) is 159 Å². The van der Waals surface area contributed by atoms with E-state index in [4.69, 9.17) is 39.9 Å². The van der Waals surface area contributed by atoms with Gasteiger partial charge in [0, 0.05) is 99.3 Å². The summed E-state index contributed by atoms with van der Waals surface area (Å²) in [6.45, 7) is 14.2. The molecule has 10 N–H and O–H groups in total. The van der Waals surface area contributed by atoms with E-state index in [9.17, 15) is 48.6 Å². The first kappa shape index (κ1) is 68.8. The van der Waals surface area contributed by atoms with E-state index in [2.05, 4.69) is 21.3 Å². The number of carbonyl (C=O) groups excluding carboxylic acids is 8. The zero-order chi connectivity index (χ0) is 61.8. The van der Waals surface area contributed by atoms with E-state index >= 15 is 0 Å². The number of primary amides is 2. The molecule has 0 radical (unpaired) electrons. The number of fused-ring (bicyclic) bond motifs is 4. The lowest BCUT2D eigenvalue weighted by Crippen LogP contribution is -2.38. The van der Waals surface area contributed by atoms with Crippen molar-refractivity contribution in [3.05, 3.63) is 117 Å². The molecule has 2 aliphatic heterocycles. The van der Waals surface area contributed by atoms with Crippen molar-refractivity contribution in [2.24, 2.45) is 35.1 Å². The number of thioether (sulfide) groups is 1. The number of rotatable bonds is 14. The molecule has 456 valence electrons. The zero-order valence-electron chi connectivity index (χ0n) is 49.5. The fourth-order valence-corrected chi connectivity index (χ4v) is 10.9. The molecule has 83 heavy (non-hydrogen) atoms. The van der Waals surface area contributed by atoms with Crippen LogP contribution in [0.1, 0.15) is 81.1 Å². The predicted molar refractivity (Wildman–Crippen MR) is 312 cm³/mol. The molecule has 0 aromatic carbocycles. The normalized spacial score (nSPS) is 32.2. The third-order valence-electron chi connectivity index (χ3n) is 14.7. The van der Waals surface area contributed by atoms with E-state index in [-0.39, 0.29) is 95.7 Å². The lowest BCUT2D eigenvalue weighted by Gasteiger charge is -2.30. The number of carbonyl (C=O) groups is 8. The van der Waals surface area contributed by atoms with Crippen molar-refractivity contribution in [3.8, 4) is 0 Å². The van der Waals surface area contributed by atoms with Crippen LogP contribution in [0, 0.1) is 23.7 Å². The molecule has 4 amide bonds. The largest absolute Gasteiger partial charge is 0.439 e. The van der Waals surface area contributed by atoms with Crippen LogP contribution in [-0.2, 0) is 57.2 Å². The molecule has 2 aliphatic carbocycles. The number of aliphatic hydroxyl groups is 2. The standard InChI is InChI=1S/C60H84N6O16S/c1-31-23-39-49(43(67)29-41(53(39)71)65-57(73)33(3)15-13-17-45(77-9)55(81-59(61)75)37(7)27-35(5)51(69)47(25-31)79-11)63-19-21-83-22-20-64-50-40-24-32(2)26-48(80-12)52(70)36(6)28-38(8)56(82-60(62)76)46(78-10)18-14-16-34(4)58(74)66-42(54(40)72)30-44(50)68/h13-18,27-32,35-36,45-48,51-52,55-56,63-64,69-70H,19-26H2,1-12H3,(H2,61,75)(H2,62,76)(H,65,73)(H,66,74)/b17-13-,18-14+,33-15+,34-16-,37-27+,38-28+/t31-,32-,35+,36+,45-,46+,47+,48+,51-,52-,55+,56+/m1/s1. The van der Waals surface area contributed by atoms with Crippen LogP contribution in [0.3, 0.4) is 0 Å². The summed E-state index contributed by atoms with van der Waals surface area (Å²) in [5.74, 6) is -4.42. The summed E-state index contributed by atoms with van der Waals surface area (Å²) in [7, 11) is 5.73. The summed E-state index contributed by atoms with van der Waals surface area (Å²) < 4.78 is 33.7. The summed E-state index contributed by atoms with van der Waals surface area (Å²) >= 11 is 1.46. The molecule has 4 aliphatic rings. The number of ether oxygens (including phenoxy) is 6. The second kappa shape index (κ2) is 32.9. The number of nitrogens with two attached hydrogens (primary N) is 2. The molecule has 0 saturated carbocycles. The minimum atomic E-state index is -1.06. The molecule has 0 aromatic heterocycles. The highest BCUT2D eigenvalue weighted by Gasteiger charge is 2.36.